The second-order valence-corrected chi connectivity index (χ2v) is 7.05. The predicted octanol–water partition coefficient (Wildman–Crippen LogP) is 3.73. The third-order valence-electron chi connectivity index (χ3n) is 4.46. The zero-order valence-electron chi connectivity index (χ0n) is 13.8. The summed E-state index contributed by atoms with van der Waals surface area (Å²) < 4.78 is 8.98. The second kappa shape index (κ2) is 6.75. The molecule has 1 aliphatic rings. The highest BCUT2D eigenvalue weighted by atomic mass is 32.1. The first-order valence-corrected chi connectivity index (χ1v) is 9.11. The number of benzene rings is 2. The Bertz CT molecular complexity index is 861. The highest BCUT2D eigenvalue weighted by Gasteiger charge is 2.13. The number of morpholine rings is 1. The maximum absolute atomic E-state index is 5.41. The van der Waals surface area contributed by atoms with Crippen molar-refractivity contribution >= 4 is 39.4 Å². The molecule has 1 saturated heterocycles. The van der Waals surface area contributed by atoms with Crippen LogP contribution < -0.4 is 9.47 Å². The Morgan fingerprint density at radius 1 is 1.00 bits per heavy atom. The van der Waals surface area contributed by atoms with E-state index < -0.39 is 0 Å². The second-order valence-electron chi connectivity index (χ2n) is 5.99. The summed E-state index contributed by atoms with van der Waals surface area (Å²) in [4.78, 5) is 2.38. The molecule has 0 atom stereocenters. The molecule has 0 saturated carbocycles. The first-order valence-electron chi connectivity index (χ1n) is 8.30. The lowest BCUT2D eigenvalue weighted by atomic mass is 10.1. The quantitative estimate of drug-likeness (QED) is 0.677. The van der Waals surface area contributed by atoms with Gasteiger partial charge < -0.3 is 9.64 Å². The predicted molar refractivity (Wildman–Crippen MR) is 101 cm³/mol. The van der Waals surface area contributed by atoms with Crippen LogP contribution in [0.15, 0.2) is 48.5 Å². The SMILES string of the molecule is C[n+]1c(/C=C/c2ccc(N3CCOCC3)cc2)sc2ccccc21. The van der Waals surface area contributed by atoms with Crippen LogP contribution in [0.2, 0.25) is 0 Å². The fourth-order valence-electron chi connectivity index (χ4n) is 3.05. The van der Waals surface area contributed by atoms with Gasteiger partial charge in [-0.05, 0) is 29.8 Å². The van der Waals surface area contributed by atoms with E-state index in [1.54, 1.807) is 0 Å². The Kier molecular flexibility index (Phi) is 4.32. The van der Waals surface area contributed by atoms with Gasteiger partial charge in [0.15, 0.2) is 0 Å². The van der Waals surface area contributed by atoms with Gasteiger partial charge in [0.1, 0.15) is 11.7 Å². The molecule has 3 nitrogen and oxygen atoms in total. The summed E-state index contributed by atoms with van der Waals surface area (Å²) in [7, 11) is 2.13. The van der Waals surface area contributed by atoms with Crippen LogP contribution in [0.25, 0.3) is 22.4 Å². The minimum absolute atomic E-state index is 0.824. The molecule has 0 spiro atoms. The number of para-hydroxylation sites is 1. The van der Waals surface area contributed by atoms with Crippen LogP contribution in [0.3, 0.4) is 0 Å². The van der Waals surface area contributed by atoms with Crippen LogP contribution in [0.4, 0.5) is 5.69 Å². The number of aryl methyl sites for hydroxylation is 1. The molecule has 0 unspecified atom stereocenters. The number of thiazole rings is 1. The molecule has 4 heteroatoms. The molecule has 2 heterocycles. The Labute approximate surface area is 146 Å². The van der Waals surface area contributed by atoms with E-state index in [0.29, 0.717) is 0 Å². The van der Waals surface area contributed by atoms with E-state index in [0.717, 1.165) is 26.3 Å². The minimum Gasteiger partial charge on any atom is -0.378 e. The van der Waals surface area contributed by atoms with Crippen molar-refractivity contribution in [2.24, 2.45) is 7.05 Å². The van der Waals surface area contributed by atoms with Crippen molar-refractivity contribution in [3.63, 3.8) is 0 Å². The van der Waals surface area contributed by atoms with E-state index in [9.17, 15) is 0 Å². The zero-order chi connectivity index (χ0) is 16.4. The number of nitrogens with zero attached hydrogens (tertiary/aromatic N) is 2. The average Bonchev–Trinajstić information content (AvgIpc) is 2.97. The lowest BCUT2D eigenvalue weighted by Crippen LogP contribution is -2.36. The van der Waals surface area contributed by atoms with Gasteiger partial charge >= 0.3 is 0 Å². The number of rotatable bonds is 3. The van der Waals surface area contributed by atoms with Crippen LogP contribution in [0.1, 0.15) is 10.6 Å². The molecule has 3 aromatic rings. The Morgan fingerprint density at radius 2 is 1.75 bits per heavy atom. The van der Waals surface area contributed by atoms with Gasteiger partial charge in [-0.25, -0.2) is 0 Å². The highest BCUT2D eigenvalue weighted by molar-refractivity contribution is 7.18. The van der Waals surface area contributed by atoms with Crippen molar-refractivity contribution in [3.8, 4) is 0 Å². The van der Waals surface area contributed by atoms with E-state index in [1.165, 1.54) is 26.5 Å². The number of aromatic nitrogens is 1. The molecule has 1 aliphatic heterocycles. The third-order valence-corrected chi connectivity index (χ3v) is 5.64. The molecule has 1 fully saturated rings. The number of ether oxygens (including phenoxy) is 1. The average molecular weight is 337 g/mol. The Hall–Kier alpha value is -2.17. The first kappa shape index (κ1) is 15.4. The molecular formula is C20H21N2OS+. The topological polar surface area (TPSA) is 16.4 Å². The lowest BCUT2D eigenvalue weighted by molar-refractivity contribution is -0.642. The number of fused-ring (bicyclic) bond motifs is 1. The summed E-state index contributed by atoms with van der Waals surface area (Å²) in [5.74, 6) is 0. The van der Waals surface area contributed by atoms with Crippen LogP contribution in [-0.4, -0.2) is 26.3 Å². The van der Waals surface area contributed by atoms with Crippen molar-refractivity contribution < 1.29 is 9.30 Å². The standard InChI is InChI=1S/C20H21N2OS/c1-21-18-4-2-3-5-19(18)24-20(21)11-8-16-6-9-17(10-7-16)22-12-14-23-15-13-22/h2-11H,12-15H2,1H3/q+1. The van der Waals surface area contributed by atoms with Crippen molar-refractivity contribution in [2.75, 3.05) is 31.2 Å². The molecule has 0 amide bonds. The largest absolute Gasteiger partial charge is 0.378 e. The maximum Gasteiger partial charge on any atom is 0.262 e. The van der Waals surface area contributed by atoms with Gasteiger partial charge in [-0.1, -0.05) is 35.6 Å². The number of hydrogen-bond donors (Lipinski definition) is 0. The van der Waals surface area contributed by atoms with Gasteiger partial charge in [0.05, 0.1) is 13.2 Å². The van der Waals surface area contributed by atoms with Crippen LogP contribution in [0, 0.1) is 0 Å². The molecule has 0 bridgehead atoms. The summed E-state index contributed by atoms with van der Waals surface area (Å²) in [5, 5.41) is 1.26. The summed E-state index contributed by atoms with van der Waals surface area (Å²) in [5.41, 5.74) is 3.79. The van der Waals surface area contributed by atoms with Crippen LogP contribution in [-0.2, 0) is 11.8 Å². The van der Waals surface area contributed by atoms with Gasteiger partial charge in [0.2, 0.25) is 5.52 Å². The van der Waals surface area contributed by atoms with E-state index in [-0.39, 0.29) is 0 Å². The molecule has 24 heavy (non-hydrogen) atoms. The molecule has 122 valence electrons. The van der Waals surface area contributed by atoms with Crippen LogP contribution >= 0.6 is 11.3 Å². The fraction of sp³-hybridized carbons (Fsp3) is 0.250. The molecule has 1 aromatic heterocycles. The normalized spacial score (nSPS) is 15.5. The molecule has 0 radical (unpaired) electrons. The Morgan fingerprint density at radius 3 is 2.50 bits per heavy atom. The highest BCUT2D eigenvalue weighted by Crippen LogP contribution is 2.22. The zero-order valence-corrected chi connectivity index (χ0v) is 14.6. The summed E-state index contributed by atoms with van der Waals surface area (Å²) in [6.45, 7) is 3.60. The van der Waals surface area contributed by atoms with E-state index in [4.69, 9.17) is 4.74 Å². The fourth-order valence-corrected chi connectivity index (χ4v) is 4.10. The van der Waals surface area contributed by atoms with Gasteiger partial charge in [-0.15, -0.1) is 0 Å². The van der Waals surface area contributed by atoms with E-state index in [1.807, 2.05) is 11.3 Å². The van der Waals surface area contributed by atoms with Crippen molar-refractivity contribution in [1.29, 1.82) is 0 Å². The molecule has 0 N–H and O–H groups in total. The minimum atomic E-state index is 0.824. The lowest BCUT2D eigenvalue weighted by Gasteiger charge is -2.28. The van der Waals surface area contributed by atoms with Gasteiger partial charge in [-0.3, -0.25) is 0 Å². The monoisotopic (exact) mass is 337 g/mol. The molecule has 2 aromatic carbocycles. The van der Waals surface area contributed by atoms with Crippen molar-refractivity contribution in [3.05, 3.63) is 59.1 Å². The molecule has 0 aliphatic carbocycles. The van der Waals surface area contributed by atoms with E-state index >= 15 is 0 Å². The van der Waals surface area contributed by atoms with Gasteiger partial charge in [-0.2, -0.15) is 4.57 Å². The van der Waals surface area contributed by atoms with Gasteiger partial charge in [0.25, 0.3) is 5.01 Å². The van der Waals surface area contributed by atoms with Crippen LogP contribution in [0.5, 0.6) is 0 Å². The maximum atomic E-state index is 5.41. The smallest absolute Gasteiger partial charge is 0.262 e. The summed E-state index contributed by atoms with van der Waals surface area (Å²) in [6.07, 6.45) is 4.39. The van der Waals surface area contributed by atoms with Crippen molar-refractivity contribution in [1.82, 2.24) is 0 Å². The molecular weight excluding hydrogens is 316 g/mol. The number of hydrogen-bond acceptors (Lipinski definition) is 3. The van der Waals surface area contributed by atoms with E-state index in [2.05, 4.69) is 77.2 Å². The van der Waals surface area contributed by atoms with Gasteiger partial charge in [0, 0.05) is 30.9 Å². The summed E-state index contributed by atoms with van der Waals surface area (Å²) in [6, 6.07) is 17.3. The molecule has 4 rings (SSSR count). The third kappa shape index (κ3) is 3.07. The first-order chi connectivity index (χ1) is 11.8. The number of anilines is 1. The Balaban J connectivity index is 1.53. The van der Waals surface area contributed by atoms with Crippen molar-refractivity contribution in [2.45, 2.75) is 0 Å². The summed E-state index contributed by atoms with van der Waals surface area (Å²) >= 11 is 1.82.